The average molecular weight is 501 g/mol. The molecule has 0 amide bonds. The van der Waals surface area contributed by atoms with E-state index in [1.807, 2.05) is 24.3 Å². The first kappa shape index (κ1) is 26.1. The van der Waals surface area contributed by atoms with Gasteiger partial charge >= 0.3 is 0 Å². The SMILES string of the molecule is CC(C)(C)c1cc(CNc2ccccc2NCc2cc(Cl)cc(Cl)c2O)c(O)c(C(C)(C)C)c1. The summed E-state index contributed by atoms with van der Waals surface area (Å²) >= 11 is 12.2. The molecule has 0 bridgehead atoms. The topological polar surface area (TPSA) is 64.5 Å². The molecule has 0 radical (unpaired) electrons. The van der Waals surface area contributed by atoms with Crippen molar-refractivity contribution >= 4 is 34.6 Å². The molecule has 4 N–H and O–H groups in total. The van der Waals surface area contributed by atoms with Gasteiger partial charge in [-0.3, -0.25) is 0 Å². The molecule has 0 aliphatic rings. The van der Waals surface area contributed by atoms with Gasteiger partial charge in [0.25, 0.3) is 0 Å². The van der Waals surface area contributed by atoms with Gasteiger partial charge in [-0.1, -0.05) is 82.9 Å². The summed E-state index contributed by atoms with van der Waals surface area (Å²) < 4.78 is 0. The first-order chi connectivity index (χ1) is 15.8. The minimum absolute atomic E-state index is 0.0163. The Kier molecular flexibility index (Phi) is 7.64. The van der Waals surface area contributed by atoms with Crippen molar-refractivity contribution in [2.75, 3.05) is 10.6 Å². The molecule has 3 rings (SSSR count). The summed E-state index contributed by atoms with van der Waals surface area (Å²) in [5.74, 6) is 0.347. The fourth-order valence-corrected chi connectivity index (χ4v) is 4.30. The van der Waals surface area contributed by atoms with Crippen LogP contribution in [0.25, 0.3) is 0 Å². The second-order valence-electron chi connectivity index (χ2n) is 10.7. The third-order valence-electron chi connectivity index (χ3n) is 5.84. The molecule has 0 unspecified atom stereocenters. The Morgan fingerprint density at radius 3 is 1.74 bits per heavy atom. The van der Waals surface area contributed by atoms with Crippen molar-refractivity contribution in [1.82, 2.24) is 0 Å². The van der Waals surface area contributed by atoms with E-state index < -0.39 is 0 Å². The summed E-state index contributed by atoms with van der Waals surface area (Å²) in [6, 6.07) is 15.2. The van der Waals surface area contributed by atoms with Gasteiger partial charge in [0.15, 0.2) is 0 Å². The Hall–Kier alpha value is -2.56. The molecule has 0 spiro atoms. The molecule has 0 saturated carbocycles. The van der Waals surface area contributed by atoms with Crippen molar-refractivity contribution < 1.29 is 10.2 Å². The Morgan fingerprint density at radius 1 is 0.706 bits per heavy atom. The van der Waals surface area contributed by atoms with Gasteiger partial charge in [0.2, 0.25) is 0 Å². The van der Waals surface area contributed by atoms with Gasteiger partial charge in [-0.05, 0) is 52.3 Å². The van der Waals surface area contributed by atoms with E-state index in [4.69, 9.17) is 23.2 Å². The van der Waals surface area contributed by atoms with Crippen LogP contribution in [0.2, 0.25) is 10.0 Å². The number of para-hydroxylation sites is 2. The van der Waals surface area contributed by atoms with Gasteiger partial charge < -0.3 is 20.8 Å². The maximum atomic E-state index is 11.1. The number of nitrogens with one attached hydrogen (secondary N) is 2. The van der Waals surface area contributed by atoms with Crippen LogP contribution in [0.5, 0.6) is 11.5 Å². The molecule has 4 nitrogen and oxygen atoms in total. The van der Waals surface area contributed by atoms with Crippen LogP contribution in [0.1, 0.15) is 63.8 Å². The average Bonchev–Trinajstić information content (AvgIpc) is 2.73. The quantitative estimate of drug-likeness (QED) is 0.275. The van der Waals surface area contributed by atoms with Crippen molar-refractivity contribution in [3.8, 4) is 11.5 Å². The second-order valence-corrected chi connectivity index (χ2v) is 11.5. The predicted molar refractivity (Wildman–Crippen MR) is 145 cm³/mol. The Morgan fingerprint density at radius 2 is 1.24 bits per heavy atom. The van der Waals surface area contributed by atoms with E-state index in [-0.39, 0.29) is 21.6 Å². The lowest BCUT2D eigenvalue weighted by atomic mass is 9.79. The molecule has 6 heteroatoms. The molecule has 0 saturated heterocycles. The zero-order chi connectivity index (χ0) is 25.3. The minimum atomic E-state index is -0.181. The molecule has 0 aliphatic carbocycles. The van der Waals surface area contributed by atoms with Crippen LogP contribution in [0.15, 0.2) is 48.5 Å². The van der Waals surface area contributed by atoms with Crippen LogP contribution in [0.3, 0.4) is 0 Å². The summed E-state index contributed by atoms with van der Waals surface area (Å²) in [6.07, 6.45) is 0. The molecule has 3 aromatic carbocycles. The molecule has 0 aromatic heterocycles. The minimum Gasteiger partial charge on any atom is -0.507 e. The summed E-state index contributed by atoms with van der Waals surface area (Å²) in [7, 11) is 0. The van der Waals surface area contributed by atoms with E-state index in [2.05, 4.69) is 64.3 Å². The standard InChI is InChI=1S/C28H34Cl2N2O2/c1-27(2,3)19-11-17(25(33)21(13-19)28(4,5)6)15-31-23-9-7-8-10-24(23)32-16-18-12-20(29)14-22(30)26(18)34/h7-14,31-34H,15-16H2,1-6H3. The molecule has 34 heavy (non-hydrogen) atoms. The first-order valence-corrected chi connectivity index (χ1v) is 12.1. The zero-order valence-corrected chi connectivity index (χ0v) is 22.2. The molecule has 0 heterocycles. The molecule has 182 valence electrons. The van der Waals surface area contributed by atoms with E-state index in [1.54, 1.807) is 6.07 Å². The first-order valence-electron chi connectivity index (χ1n) is 11.4. The fraction of sp³-hybridized carbons (Fsp3) is 0.357. The molecular weight excluding hydrogens is 467 g/mol. The van der Waals surface area contributed by atoms with Crippen molar-refractivity contribution in [3.63, 3.8) is 0 Å². The normalized spacial score (nSPS) is 12.0. The maximum Gasteiger partial charge on any atom is 0.139 e. The number of halogens is 2. The van der Waals surface area contributed by atoms with Crippen LogP contribution >= 0.6 is 23.2 Å². The van der Waals surface area contributed by atoms with Crippen LogP contribution in [0, 0.1) is 0 Å². The Balaban J connectivity index is 1.86. The number of anilines is 2. The molecule has 0 atom stereocenters. The van der Waals surface area contributed by atoms with E-state index in [9.17, 15) is 10.2 Å². The third kappa shape index (κ3) is 6.11. The van der Waals surface area contributed by atoms with E-state index in [0.717, 1.165) is 22.5 Å². The molecule has 0 aliphatic heterocycles. The van der Waals surface area contributed by atoms with Gasteiger partial charge in [0.1, 0.15) is 11.5 Å². The lowest BCUT2D eigenvalue weighted by Crippen LogP contribution is -2.18. The van der Waals surface area contributed by atoms with Crippen LogP contribution in [-0.2, 0) is 23.9 Å². The smallest absolute Gasteiger partial charge is 0.139 e. The highest BCUT2D eigenvalue weighted by Gasteiger charge is 2.25. The highest BCUT2D eigenvalue weighted by molar-refractivity contribution is 6.35. The van der Waals surface area contributed by atoms with Gasteiger partial charge in [0, 0.05) is 29.2 Å². The van der Waals surface area contributed by atoms with Crippen LogP contribution in [-0.4, -0.2) is 10.2 Å². The van der Waals surface area contributed by atoms with Gasteiger partial charge in [-0.2, -0.15) is 0 Å². The number of benzene rings is 3. The summed E-state index contributed by atoms with van der Waals surface area (Å²) in [6.45, 7) is 13.7. The summed E-state index contributed by atoms with van der Waals surface area (Å²) in [5, 5.41) is 28.8. The van der Waals surface area contributed by atoms with Gasteiger partial charge in [-0.25, -0.2) is 0 Å². The highest BCUT2D eigenvalue weighted by Crippen LogP contribution is 2.38. The molecule has 0 fully saturated rings. The fourth-order valence-electron chi connectivity index (χ4n) is 3.76. The van der Waals surface area contributed by atoms with Crippen molar-refractivity contribution in [2.45, 2.75) is 65.5 Å². The van der Waals surface area contributed by atoms with E-state index in [1.165, 1.54) is 11.6 Å². The summed E-state index contributed by atoms with van der Waals surface area (Å²) in [4.78, 5) is 0. The van der Waals surface area contributed by atoms with E-state index >= 15 is 0 Å². The number of hydrogen-bond donors (Lipinski definition) is 4. The lowest BCUT2D eigenvalue weighted by Gasteiger charge is -2.28. The number of rotatable bonds is 6. The van der Waals surface area contributed by atoms with Crippen molar-refractivity contribution in [1.29, 1.82) is 0 Å². The maximum absolute atomic E-state index is 11.1. The summed E-state index contributed by atoms with van der Waals surface area (Å²) in [5.41, 5.74) is 5.11. The zero-order valence-electron chi connectivity index (χ0n) is 20.7. The monoisotopic (exact) mass is 500 g/mol. The third-order valence-corrected chi connectivity index (χ3v) is 6.34. The van der Waals surface area contributed by atoms with Crippen molar-refractivity contribution in [3.05, 3.63) is 80.8 Å². The molecular formula is C28H34Cl2N2O2. The number of hydrogen-bond acceptors (Lipinski definition) is 4. The molecule has 3 aromatic rings. The van der Waals surface area contributed by atoms with Crippen LogP contribution in [0.4, 0.5) is 11.4 Å². The highest BCUT2D eigenvalue weighted by atomic mass is 35.5. The van der Waals surface area contributed by atoms with E-state index in [0.29, 0.717) is 29.4 Å². The van der Waals surface area contributed by atoms with Gasteiger partial charge in [0.05, 0.1) is 16.4 Å². The Labute approximate surface area is 212 Å². The predicted octanol–water partition coefficient (Wildman–Crippen LogP) is 8.22. The largest absolute Gasteiger partial charge is 0.507 e. The lowest BCUT2D eigenvalue weighted by molar-refractivity contribution is 0.439. The number of phenolic OH excluding ortho intramolecular Hbond substituents is 2. The number of phenols is 2. The van der Waals surface area contributed by atoms with Gasteiger partial charge in [-0.15, -0.1) is 0 Å². The number of aromatic hydroxyl groups is 2. The Bertz CT molecular complexity index is 1180. The van der Waals surface area contributed by atoms with Crippen molar-refractivity contribution in [2.24, 2.45) is 0 Å². The second kappa shape index (κ2) is 9.97. The van der Waals surface area contributed by atoms with Crippen LogP contribution < -0.4 is 10.6 Å².